The van der Waals surface area contributed by atoms with Gasteiger partial charge in [0.15, 0.2) is 5.82 Å². The number of nitrogens with one attached hydrogen (secondary N) is 1. The fourth-order valence-corrected chi connectivity index (χ4v) is 1.05. The molecule has 1 rings (SSSR count). The molecule has 16 heavy (non-hydrogen) atoms. The van der Waals surface area contributed by atoms with Crippen molar-refractivity contribution in [3.63, 3.8) is 0 Å². The van der Waals surface area contributed by atoms with Crippen LogP contribution in [0.15, 0.2) is 6.33 Å². The van der Waals surface area contributed by atoms with Crippen molar-refractivity contribution in [2.75, 3.05) is 30.8 Å². The topological polar surface area (TPSA) is 114 Å². The predicted molar refractivity (Wildman–Crippen MR) is 59.2 cm³/mol. The largest absolute Gasteiger partial charge is 0.476 e. The number of ether oxygens (including phenoxy) is 1. The lowest BCUT2D eigenvalue weighted by molar-refractivity contribution is 0.105. The van der Waals surface area contributed by atoms with Crippen molar-refractivity contribution in [2.45, 2.75) is 13.0 Å². The third-order valence-corrected chi connectivity index (χ3v) is 1.84. The molecule has 90 valence electrons. The lowest BCUT2D eigenvalue weighted by Gasteiger charge is -2.12. The van der Waals surface area contributed by atoms with Crippen molar-refractivity contribution in [2.24, 2.45) is 0 Å². The Kier molecular flexibility index (Phi) is 4.74. The van der Waals surface area contributed by atoms with Crippen molar-refractivity contribution in [1.82, 2.24) is 9.97 Å². The van der Waals surface area contributed by atoms with Crippen LogP contribution in [0.25, 0.3) is 0 Å². The number of anilines is 2. The van der Waals surface area contributed by atoms with Gasteiger partial charge in [-0.25, -0.2) is 4.98 Å². The number of nitrogens with zero attached hydrogens (tertiary/aromatic N) is 2. The van der Waals surface area contributed by atoms with Gasteiger partial charge in [0.25, 0.3) is 0 Å². The quantitative estimate of drug-likeness (QED) is 0.505. The van der Waals surface area contributed by atoms with E-state index in [1.165, 1.54) is 6.33 Å². The molecule has 7 nitrogen and oxygen atoms in total. The van der Waals surface area contributed by atoms with E-state index in [4.69, 9.17) is 20.7 Å². The summed E-state index contributed by atoms with van der Waals surface area (Å²) in [6.45, 7) is 2.11. The number of nitrogen functional groups attached to an aromatic ring is 1. The zero-order valence-electron chi connectivity index (χ0n) is 9.05. The first-order valence-electron chi connectivity index (χ1n) is 4.95. The fourth-order valence-electron chi connectivity index (χ4n) is 1.05. The van der Waals surface area contributed by atoms with E-state index in [9.17, 15) is 0 Å². The van der Waals surface area contributed by atoms with Crippen LogP contribution in [0.5, 0.6) is 5.88 Å². The van der Waals surface area contributed by atoms with E-state index in [1.807, 2.05) is 6.92 Å². The monoisotopic (exact) mass is 228 g/mol. The van der Waals surface area contributed by atoms with E-state index in [1.54, 1.807) is 0 Å². The van der Waals surface area contributed by atoms with E-state index in [-0.39, 0.29) is 18.8 Å². The zero-order valence-corrected chi connectivity index (χ0v) is 9.05. The van der Waals surface area contributed by atoms with Gasteiger partial charge in [-0.15, -0.1) is 0 Å². The molecule has 0 aromatic carbocycles. The molecule has 0 fully saturated rings. The highest BCUT2D eigenvalue weighted by Crippen LogP contribution is 2.24. The van der Waals surface area contributed by atoms with Gasteiger partial charge >= 0.3 is 0 Å². The van der Waals surface area contributed by atoms with E-state index >= 15 is 0 Å². The Balaban J connectivity index is 2.69. The first kappa shape index (κ1) is 12.5. The molecule has 0 aliphatic carbocycles. The number of nitrogens with two attached hydrogens (primary N) is 1. The minimum atomic E-state index is -0.857. The molecule has 0 amide bonds. The molecule has 0 saturated heterocycles. The maximum Gasteiger partial charge on any atom is 0.242 e. The molecule has 0 saturated carbocycles. The van der Waals surface area contributed by atoms with E-state index in [2.05, 4.69) is 15.3 Å². The SMILES string of the molecule is CCOc1ncnc(NCC(O)CO)c1N. The van der Waals surface area contributed by atoms with Crippen LogP contribution in [0.1, 0.15) is 6.92 Å². The summed E-state index contributed by atoms with van der Waals surface area (Å²) in [4.78, 5) is 7.77. The zero-order chi connectivity index (χ0) is 12.0. The van der Waals surface area contributed by atoms with Gasteiger partial charge in [0.05, 0.1) is 19.3 Å². The highest BCUT2D eigenvalue weighted by molar-refractivity contribution is 5.66. The van der Waals surface area contributed by atoms with Crippen molar-refractivity contribution in [1.29, 1.82) is 0 Å². The minimum Gasteiger partial charge on any atom is -0.476 e. The number of aliphatic hydroxyl groups excluding tert-OH is 2. The smallest absolute Gasteiger partial charge is 0.242 e. The Morgan fingerprint density at radius 2 is 2.31 bits per heavy atom. The summed E-state index contributed by atoms with van der Waals surface area (Å²) in [6, 6.07) is 0. The molecule has 7 heteroatoms. The van der Waals surface area contributed by atoms with Crippen molar-refractivity contribution >= 4 is 11.5 Å². The molecule has 1 atom stereocenters. The number of hydrogen-bond acceptors (Lipinski definition) is 7. The second-order valence-electron chi connectivity index (χ2n) is 3.09. The van der Waals surface area contributed by atoms with Crippen LogP contribution in [0.2, 0.25) is 0 Å². The molecule has 1 aromatic heterocycles. The normalized spacial score (nSPS) is 12.2. The summed E-state index contributed by atoms with van der Waals surface area (Å²) in [7, 11) is 0. The Labute approximate surface area is 93.3 Å². The van der Waals surface area contributed by atoms with Crippen LogP contribution in [0, 0.1) is 0 Å². The van der Waals surface area contributed by atoms with Crippen molar-refractivity contribution in [3.8, 4) is 5.88 Å². The molecule has 1 unspecified atom stereocenters. The highest BCUT2D eigenvalue weighted by atomic mass is 16.5. The third kappa shape index (κ3) is 3.21. The average molecular weight is 228 g/mol. The number of aliphatic hydroxyl groups is 2. The maximum absolute atomic E-state index is 9.15. The second-order valence-corrected chi connectivity index (χ2v) is 3.09. The van der Waals surface area contributed by atoms with Gasteiger partial charge in [-0.05, 0) is 6.92 Å². The lowest BCUT2D eigenvalue weighted by atomic mass is 10.3. The first-order valence-corrected chi connectivity index (χ1v) is 4.95. The summed E-state index contributed by atoms with van der Waals surface area (Å²) < 4.78 is 5.18. The standard InChI is InChI=1S/C9H16N4O3/c1-2-16-9-7(10)8(12-5-13-9)11-3-6(15)4-14/h5-6,14-15H,2-4,10H2,1H3,(H,11,12,13). The van der Waals surface area contributed by atoms with Gasteiger partial charge in [-0.1, -0.05) is 0 Å². The molecule has 0 bridgehead atoms. The Bertz CT molecular complexity index is 335. The van der Waals surface area contributed by atoms with E-state index < -0.39 is 6.10 Å². The van der Waals surface area contributed by atoms with Crippen LogP contribution in [0.3, 0.4) is 0 Å². The molecule has 5 N–H and O–H groups in total. The van der Waals surface area contributed by atoms with E-state index in [0.717, 1.165) is 0 Å². The summed E-state index contributed by atoms with van der Waals surface area (Å²) in [5.41, 5.74) is 6.03. The Morgan fingerprint density at radius 3 is 2.94 bits per heavy atom. The van der Waals surface area contributed by atoms with Gasteiger partial charge in [0, 0.05) is 6.54 Å². The third-order valence-electron chi connectivity index (χ3n) is 1.84. The number of rotatable bonds is 6. The van der Waals surface area contributed by atoms with Gasteiger partial charge in [-0.2, -0.15) is 4.98 Å². The van der Waals surface area contributed by atoms with Gasteiger partial charge in [0.1, 0.15) is 12.0 Å². The van der Waals surface area contributed by atoms with Crippen molar-refractivity contribution in [3.05, 3.63) is 6.33 Å². The van der Waals surface area contributed by atoms with Gasteiger partial charge in [-0.3, -0.25) is 0 Å². The summed E-state index contributed by atoms with van der Waals surface area (Å²) in [6.07, 6.45) is 0.458. The Morgan fingerprint density at radius 1 is 1.56 bits per heavy atom. The summed E-state index contributed by atoms with van der Waals surface area (Å²) in [5, 5.41) is 20.6. The molecule has 0 radical (unpaired) electrons. The van der Waals surface area contributed by atoms with Gasteiger partial charge in [0.2, 0.25) is 5.88 Å². The Hall–Kier alpha value is -1.60. The predicted octanol–water partition coefficient (Wildman–Crippen LogP) is -0.777. The molecule has 0 aliphatic heterocycles. The van der Waals surface area contributed by atoms with Gasteiger partial charge < -0.3 is 26.0 Å². The fraction of sp³-hybridized carbons (Fsp3) is 0.556. The van der Waals surface area contributed by atoms with E-state index in [0.29, 0.717) is 18.3 Å². The lowest BCUT2D eigenvalue weighted by Crippen LogP contribution is -2.24. The molecule has 0 aliphatic rings. The van der Waals surface area contributed by atoms with Crippen molar-refractivity contribution < 1.29 is 14.9 Å². The van der Waals surface area contributed by atoms with Crippen LogP contribution in [0.4, 0.5) is 11.5 Å². The number of hydrogen-bond donors (Lipinski definition) is 4. The van der Waals surface area contributed by atoms with Crippen LogP contribution < -0.4 is 15.8 Å². The second kappa shape index (κ2) is 6.09. The van der Waals surface area contributed by atoms with Crippen LogP contribution >= 0.6 is 0 Å². The average Bonchev–Trinajstić information content (AvgIpc) is 2.30. The summed E-state index contributed by atoms with van der Waals surface area (Å²) >= 11 is 0. The highest BCUT2D eigenvalue weighted by Gasteiger charge is 2.09. The molecular formula is C9H16N4O3. The molecule has 1 heterocycles. The molecular weight excluding hydrogens is 212 g/mol. The molecule has 0 spiro atoms. The van der Waals surface area contributed by atoms with Crippen LogP contribution in [-0.4, -0.2) is 46.0 Å². The number of aromatic nitrogens is 2. The first-order chi connectivity index (χ1) is 7.69. The van der Waals surface area contributed by atoms with Crippen LogP contribution in [-0.2, 0) is 0 Å². The minimum absolute atomic E-state index is 0.156. The maximum atomic E-state index is 9.15. The summed E-state index contributed by atoms with van der Waals surface area (Å²) in [5.74, 6) is 0.685. The molecule has 1 aromatic rings.